The highest BCUT2D eigenvalue weighted by atomic mass is 32.3. The number of pyridine rings is 2. The fourth-order valence-electron chi connectivity index (χ4n) is 3.65. The lowest BCUT2D eigenvalue weighted by Crippen LogP contribution is -2.32. The molecule has 0 fully saturated rings. The highest BCUT2D eigenvalue weighted by Gasteiger charge is 2.30. The van der Waals surface area contributed by atoms with Crippen LogP contribution in [-0.2, 0) is 6.54 Å². The number of anilines is 1. The SMILES string of the molecule is Cc1cncc(Cn2c(=O)c(C3=NS(O)(O)c4ccccc4N3)c(O)c3sccc32)c1. The first-order valence-corrected chi connectivity index (χ1v) is 11.7. The summed E-state index contributed by atoms with van der Waals surface area (Å²) in [6, 6.07) is 10.3. The lowest BCUT2D eigenvalue weighted by Gasteiger charge is -2.34. The normalized spacial score (nSPS) is 15.8. The standard InChI is InChI=1S/C21H18N4O4S2/c1-12-8-13(10-22-9-12)11-25-15-6-7-30-19(15)18(26)17(21(25)27)20-23-14-4-2-3-5-16(14)31(28,29)24-20/h2-10,26,28-29H,11H2,1H3,(H,23,24). The van der Waals surface area contributed by atoms with Gasteiger partial charge in [-0.05, 0) is 41.6 Å². The Morgan fingerprint density at radius 2 is 2.00 bits per heavy atom. The Balaban J connectivity index is 1.72. The zero-order valence-corrected chi connectivity index (χ0v) is 17.9. The first-order valence-electron chi connectivity index (χ1n) is 9.33. The largest absolute Gasteiger partial charge is 0.505 e. The fraction of sp³-hybridized carbons (Fsp3) is 0.0952. The molecule has 0 saturated heterocycles. The van der Waals surface area contributed by atoms with Gasteiger partial charge in [0.15, 0.2) is 11.6 Å². The summed E-state index contributed by atoms with van der Waals surface area (Å²) < 4.78 is 27.2. The van der Waals surface area contributed by atoms with Crippen LogP contribution in [0.3, 0.4) is 0 Å². The predicted molar refractivity (Wildman–Crippen MR) is 124 cm³/mol. The maximum atomic E-state index is 13.5. The number of aryl methyl sites for hydroxylation is 1. The number of nitrogens with one attached hydrogen (secondary N) is 1. The molecule has 31 heavy (non-hydrogen) atoms. The van der Waals surface area contributed by atoms with Gasteiger partial charge in [-0.2, -0.15) is 0 Å². The molecule has 0 radical (unpaired) electrons. The quantitative estimate of drug-likeness (QED) is 0.364. The number of thiophene rings is 1. The molecule has 10 heteroatoms. The number of fused-ring (bicyclic) bond motifs is 2. The van der Waals surface area contributed by atoms with Crippen molar-refractivity contribution < 1.29 is 14.2 Å². The first kappa shape index (κ1) is 19.8. The van der Waals surface area contributed by atoms with Gasteiger partial charge in [0.1, 0.15) is 10.5 Å². The van der Waals surface area contributed by atoms with Crippen LogP contribution in [0.15, 0.2) is 68.3 Å². The molecule has 3 aromatic heterocycles. The Morgan fingerprint density at radius 1 is 1.19 bits per heavy atom. The molecule has 1 aliphatic heterocycles. The van der Waals surface area contributed by atoms with E-state index < -0.39 is 16.3 Å². The van der Waals surface area contributed by atoms with Gasteiger partial charge in [-0.1, -0.05) is 29.0 Å². The monoisotopic (exact) mass is 454 g/mol. The molecule has 8 nitrogen and oxygen atoms in total. The van der Waals surface area contributed by atoms with Crippen LogP contribution in [0.5, 0.6) is 5.75 Å². The Bertz CT molecular complexity index is 1420. The van der Waals surface area contributed by atoms with E-state index in [1.807, 2.05) is 13.0 Å². The topological polar surface area (TPSA) is 120 Å². The number of para-hydroxylation sites is 1. The zero-order chi connectivity index (χ0) is 21.8. The smallest absolute Gasteiger partial charge is 0.266 e. The molecule has 0 unspecified atom stereocenters. The fourth-order valence-corrected chi connectivity index (χ4v) is 5.66. The summed E-state index contributed by atoms with van der Waals surface area (Å²) in [5, 5.41) is 15.7. The third-order valence-corrected chi connectivity index (χ3v) is 7.30. The summed E-state index contributed by atoms with van der Waals surface area (Å²) in [6.07, 6.45) is 3.42. The van der Waals surface area contributed by atoms with Crippen LogP contribution in [0, 0.1) is 6.92 Å². The third-order valence-electron chi connectivity index (χ3n) is 5.01. The van der Waals surface area contributed by atoms with Crippen LogP contribution < -0.4 is 10.9 Å². The van der Waals surface area contributed by atoms with Crippen molar-refractivity contribution in [3.8, 4) is 5.75 Å². The van der Waals surface area contributed by atoms with Crippen LogP contribution in [0.4, 0.5) is 5.69 Å². The number of benzene rings is 1. The Labute approximate surface area is 182 Å². The summed E-state index contributed by atoms with van der Waals surface area (Å²) in [4.78, 5) is 18.0. The molecule has 0 spiro atoms. The van der Waals surface area contributed by atoms with E-state index in [1.54, 1.807) is 48.1 Å². The Kier molecular flexibility index (Phi) is 4.59. The minimum absolute atomic E-state index is 0.0763. The Hall–Kier alpha value is -3.18. The number of aromatic hydroxyl groups is 1. The second-order valence-corrected chi connectivity index (χ2v) is 9.78. The van der Waals surface area contributed by atoms with Gasteiger partial charge in [0.05, 0.1) is 22.4 Å². The van der Waals surface area contributed by atoms with E-state index in [1.165, 1.54) is 15.9 Å². The van der Waals surface area contributed by atoms with E-state index >= 15 is 0 Å². The molecule has 1 aliphatic rings. The number of hydrogen-bond donors (Lipinski definition) is 4. The minimum Gasteiger partial charge on any atom is -0.505 e. The summed E-state index contributed by atoms with van der Waals surface area (Å²) in [5.74, 6) is -0.318. The summed E-state index contributed by atoms with van der Waals surface area (Å²) in [7, 11) is -3.53. The second-order valence-electron chi connectivity index (χ2n) is 7.20. The van der Waals surface area contributed by atoms with Gasteiger partial charge in [0.25, 0.3) is 5.56 Å². The summed E-state index contributed by atoms with van der Waals surface area (Å²) in [6.45, 7) is 2.17. The molecule has 0 aliphatic carbocycles. The van der Waals surface area contributed by atoms with E-state index in [9.17, 15) is 19.0 Å². The van der Waals surface area contributed by atoms with Crippen molar-refractivity contribution in [3.63, 3.8) is 0 Å². The number of rotatable bonds is 3. The first-order chi connectivity index (χ1) is 14.8. The molecule has 0 saturated carbocycles. The molecule has 1 aromatic carbocycles. The minimum atomic E-state index is -3.53. The third kappa shape index (κ3) is 3.29. The van der Waals surface area contributed by atoms with Gasteiger partial charge in [0.2, 0.25) is 0 Å². The number of amidine groups is 1. The zero-order valence-electron chi connectivity index (χ0n) is 16.3. The Morgan fingerprint density at radius 3 is 2.81 bits per heavy atom. The van der Waals surface area contributed by atoms with Crippen LogP contribution in [0.2, 0.25) is 0 Å². The van der Waals surface area contributed by atoms with E-state index in [0.29, 0.717) is 15.9 Å². The maximum Gasteiger partial charge on any atom is 0.266 e. The molecule has 158 valence electrons. The van der Waals surface area contributed by atoms with Crippen molar-refractivity contribution in [3.05, 3.63) is 81.2 Å². The van der Waals surface area contributed by atoms with Crippen molar-refractivity contribution in [1.82, 2.24) is 9.55 Å². The van der Waals surface area contributed by atoms with E-state index in [0.717, 1.165) is 11.1 Å². The molecule has 4 heterocycles. The lowest BCUT2D eigenvalue weighted by molar-refractivity contribution is 0.478. The van der Waals surface area contributed by atoms with Crippen LogP contribution in [0.25, 0.3) is 10.2 Å². The molecule has 0 bridgehead atoms. The van der Waals surface area contributed by atoms with Gasteiger partial charge >= 0.3 is 0 Å². The van der Waals surface area contributed by atoms with Crippen LogP contribution >= 0.6 is 22.1 Å². The highest BCUT2D eigenvalue weighted by Crippen LogP contribution is 2.55. The van der Waals surface area contributed by atoms with Gasteiger partial charge in [-0.25, -0.2) is 0 Å². The van der Waals surface area contributed by atoms with Crippen molar-refractivity contribution in [2.45, 2.75) is 18.4 Å². The lowest BCUT2D eigenvalue weighted by atomic mass is 10.1. The van der Waals surface area contributed by atoms with Crippen LogP contribution in [0.1, 0.15) is 16.7 Å². The summed E-state index contributed by atoms with van der Waals surface area (Å²) >= 11 is 1.29. The van der Waals surface area contributed by atoms with E-state index in [4.69, 9.17) is 0 Å². The number of aromatic nitrogens is 2. The molecule has 5 rings (SSSR count). The van der Waals surface area contributed by atoms with Crippen molar-refractivity contribution >= 4 is 43.9 Å². The van der Waals surface area contributed by atoms with Crippen molar-refractivity contribution in [1.29, 1.82) is 0 Å². The van der Waals surface area contributed by atoms with Gasteiger partial charge < -0.3 is 15.0 Å². The number of hydrogen-bond acceptors (Lipinski definition) is 8. The average molecular weight is 455 g/mol. The van der Waals surface area contributed by atoms with Gasteiger partial charge in [-0.15, -0.1) is 15.7 Å². The molecule has 4 aromatic rings. The van der Waals surface area contributed by atoms with Crippen molar-refractivity contribution in [2.24, 2.45) is 4.40 Å². The predicted octanol–water partition coefficient (Wildman–Crippen LogP) is 4.42. The molecule has 0 atom stereocenters. The van der Waals surface area contributed by atoms with E-state index in [2.05, 4.69) is 14.7 Å². The molecule has 4 N–H and O–H groups in total. The van der Waals surface area contributed by atoms with Crippen LogP contribution in [-0.4, -0.2) is 29.6 Å². The summed E-state index contributed by atoms with van der Waals surface area (Å²) in [5.41, 5.74) is 2.21. The van der Waals surface area contributed by atoms with Crippen molar-refractivity contribution in [2.75, 3.05) is 5.32 Å². The second kappa shape index (κ2) is 7.20. The highest BCUT2D eigenvalue weighted by molar-refractivity contribution is 8.23. The number of nitrogens with zero attached hydrogens (tertiary/aromatic N) is 3. The maximum absolute atomic E-state index is 13.5. The van der Waals surface area contributed by atoms with E-state index in [-0.39, 0.29) is 28.6 Å². The van der Waals surface area contributed by atoms with Gasteiger partial charge in [0, 0.05) is 12.4 Å². The molecule has 0 amide bonds. The average Bonchev–Trinajstić information content (AvgIpc) is 3.21. The molecular formula is C21H18N4O4S2. The molecular weight excluding hydrogens is 436 g/mol. The van der Waals surface area contributed by atoms with Gasteiger partial charge in [-0.3, -0.25) is 18.9 Å².